The molecule has 3 aromatic rings. The first-order valence-electron chi connectivity index (χ1n) is 9.27. The van der Waals surface area contributed by atoms with Crippen molar-refractivity contribution in [3.63, 3.8) is 0 Å². The number of pyridine rings is 1. The number of nitrogens with one attached hydrogen (secondary N) is 2. The number of alkyl halides is 6. The van der Waals surface area contributed by atoms with E-state index in [4.69, 9.17) is 11.6 Å². The minimum atomic E-state index is -4.75. The van der Waals surface area contributed by atoms with Gasteiger partial charge in [-0.15, -0.1) is 10.2 Å². The fraction of sp³-hybridized carbons (Fsp3) is 0.278. The molecule has 34 heavy (non-hydrogen) atoms. The van der Waals surface area contributed by atoms with Gasteiger partial charge in [0.15, 0.2) is 0 Å². The van der Waals surface area contributed by atoms with E-state index in [1.165, 1.54) is 12.1 Å². The molecule has 1 aromatic carbocycles. The second-order valence-electron chi connectivity index (χ2n) is 7.25. The molecule has 0 aliphatic heterocycles. The van der Waals surface area contributed by atoms with Gasteiger partial charge in [0.25, 0.3) is 10.0 Å². The highest BCUT2D eigenvalue weighted by atomic mass is 35.5. The Morgan fingerprint density at radius 1 is 1.00 bits per heavy atom. The summed E-state index contributed by atoms with van der Waals surface area (Å²) in [5.74, 6) is 0.0544. The van der Waals surface area contributed by atoms with Gasteiger partial charge in [-0.3, -0.25) is 4.72 Å². The number of hydrogen-bond donors (Lipinski definition) is 2. The molecule has 182 valence electrons. The van der Waals surface area contributed by atoms with Crippen LogP contribution >= 0.6 is 22.9 Å². The Hall–Kier alpha value is -2.65. The van der Waals surface area contributed by atoms with E-state index in [0.29, 0.717) is 24.6 Å². The predicted molar refractivity (Wildman–Crippen MR) is 111 cm³/mol. The normalized spacial score (nSPS) is 16.4. The molecular weight excluding hydrogens is 532 g/mol. The molecule has 1 unspecified atom stereocenters. The minimum Gasteiger partial charge on any atom is -0.365 e. The van der Waals surface area contributed by atoms with Crippen molar-refractivity contribution < 1.29 is 34.8 Å². The SMILES string of the molecule is O=S(=O)(Nc1nnc(C(F)(F)F)s1)c1ccc2c(c1)CC(Nc1ncc(C(F)(F)F)cc1Cl)C2. The van der Waals surface area contributed by atoms with Crippen LogP contribution in [0.3, 0.4) is 0 Å². The molecule has 1 aliphatic rings. The molecule has 1 atom stereocenters. The standard InChI is InChI=1S/C18H12ClF6N5O2S2/c19-13-6-10(17(20,21)22)7-26-14(13)27-11-3-8-1-2-12(5-9(8)4-11)34(31,32)30-16-29-28-15(33-16)18(23,24)25/h1-2,5-7,11H,3-4H2,(H,26,27)(H,29,30). The van der Waals surface area contributed by atoms with Crippen LogP contribution in [0, 0.1) is 0 Å². The molecule has 4 rings (SSSR count). The molecule has 0 bridgehead atoms. The Morgan fingerprint density at radius 3 is 2.32 bits per heavy atom. The maximum Gasteiger partial charge on any atom is 0.445 e. The summed E-state index contributed by atoms with van der Waals surface area (Å²) >= 11 is 5.98. The van der Waals surface area contributed by atoms with Crippen LogP contribution in [0.1, 0.15) is 21.7 Å². The summed E-state index contributed by atoms with van der Waals surface area (Å²) in [6, 6.07) is 4.65. The van der Waals surface area contributed by atoms with Crippen LogP contribution in [-0.4, -0.2) is 29.6 Å². The number of fused-ring (bicyclic) bond motifs is 1. The van der Waals surface area contributed by atoms with Crippen LogP contribution in [-0.2, 0) is 35.2 Å². The first kappa shape index (κ1) is 24.5. The Kier molecular flexibility index (Phi) is 6.14. The predicted octanol–water partition coefficient (Wildman–Crippen LogP) is 5.00. The zero-order chi connectivity index (χ0) is 24.9. The molecule has 0 radical (unpaired) electrons. The lowest BCUT2D eigenvalue weighted by molar-refractivity contribution is -0.138. The smallest absolute Gasteiger partial charge is 0.365 e. The molecule has 0 amide bonds. The molecule has 7 nitrogen and oxygen atoms in total. The van der Waals surface area contributed by atoms with Gasteiger partial charge in [0.2, 0.25) is 10.1 Å². The molecule has 16 heteroatoms. The van der Waals surface area contributed by atoms with E-state index >= 15 is 0 Å². The van der Waals surface area contributed by atoms with Gasteiger partial charge in [-0.25, -0.2) is 13.4 Å². The van der Waals surface area contributed by atoms with Gasteiger partial charge in [0.05, 0.1) is 15.5 Å². The van der Waals surface area contributed by atoms with Gasteiger partial charge in [-0.1, -0.05) is 29.0 Å². The number of anilines is 2. The van der Waals surface area contributed by atoms with E-state index in [-0.39, 0.29) is 33.1 Å². The number of sulfonamides is 1. The van der Waals surface area contributed by atoms with E-state index in [9.17, 15) is 34.8 Å². The van der Waals surface area contributed by atoms with Gasteiger partial charge >= 0.3 is 12.4 Å². The maximum atomic E-state index is 12.8. The Bertz CT molecular complexity index is 1340. The fourth-order valence-electron chi connectivity index (χ4n) is 3.31. The zero-order valence-electron chi connectivity index (χ0n) is 16.5. The van der Waals surface area contributed by atoms with Gasteiger partial charge in [-0.2, -0.15) is 26.3 Å². The van der Waals surface area contributed by atoms with Crippen LogP contribution in [0.15, 0.2) is 35.4 Å². The van der Waals surface area contributed by atoms with Crippen molar-refractivity contribution in [3.05, 3.63) is 57.2 Å². The van der Waals surface area contributed by atoms with Gasteiger partial charge < -0.3 is 5.32 Å². The number of aromatic nitrogens is 3. The number of nitrogens with zero attached hydrogens (tertiary/aromatic N) is 3. The molecule has 0 spiro atoms. The highest BCUT2D eigenvalue weighted by molar-refractivity contribution is 7.93. The lowest BCUT2D eigenvalue weighted by Crippen LogP contribution is -2.20. The second kappa shape index (κ2) is 8.53. The van der Waals surface area contributed by atoms with Crippen LogP contribution in [0.25, 0.3) is 0 Å². The Labute approximate surface area is 197 Å². The number of rotatable bonds is 5. The summed E-state index contributed by atoms with van der Waals surface area (Å²) in [5, 5.41) is 7.06. The topological polar surface area (TPSA) is 96.9 Å². The van der Waals surface area contributed by atoms with E-state index < -0.39 is 38.1 Å². The molecule has 2 aromatic heterocycles. The van der Waals surface area contributed by atoms with E-state index in [0.717, 1.165) is 11.6 Å². The summed E-state index contributed by atoms with van der Waals surface area (Å²) in [5.41, 5.74) is 0.435. The average Bonchev–Trinajstić information content (AvgIpc) is 3.34. The molecule has 0 saturated heterocycles. The van der Waals surface area contributed by atoms with Gasteiger partial charge in [0, 0.05) is 12.2 Å². The number of benzene rings is 1. The maximum absolute atomic E-state index is 12.8. The number of halogens is 7. The van der Waals surface area contributed by atoms with Gasteiger partial charge in [-0.05, 0) is 42.2 Å². The summed E-state index contributed by atoms with van der Waals surface area (Å²) in [4.78, 5) is 3.54. The van der Waals surface area contributed by atoms with Crippen molar-refractivity contribution >= 4 is 43.9 Å². The third-order valence-corrected chi connectivity index (χ3v) is 7.46. The molecule has 2 N–H and O–H groups in total. The van der Waals surface area contributed by atoms with Crippen LogP contribution in [0.4, 0.5) is 37.3 Å². The lowest BCUT2D eigenvalue weighted by atomic mass is 10.1. The summed E-state index contributed by atoms with van der Waals surface area (Å²) in [7, 11) is -4.24. The van der Waals surface area contributed by atoms with Crippen LogP contribution in [0.2, 0.25) is 5.02 Å². The average molecular weight is 544 g/mol. The first-order valence-corrected chi connectivity index (χ1v) is 11.9. The lowest BCUT2D eigenvalue weighted by Gasteiger charge is -2.15. The Morgan fingerprint density at radius 2 is 1.71 bits per heavy atom. The van der Waals surface area contributed by atoms with Crippen molar-refractivity contribution in [2.24, 2.45) is 0 Å². The molecule has 2 heterocycles. The number of hydrogen-bond acceptors (Lipinski definition) is 7. The quantitative estimate of drug-likeness (QED) is 0.440. The summed E-state index contributed by atoms with van der Waals surface area (Å²) in [6.07, 6.45) is -7.94. The third-order valence-electron chi connectivity index (χ3n) is 4.82. The Balaban J connectivity index is 1.47. The molecule has 1 aliphatic carbocycles. The van der Waals surface area contributed by atoms with Crippen molar-refractivity contribution in [2.45, 2.75) is 36.1 Å². The fourth-order valence-corrected chi connectivity index (χ4v) is 5.42. The summed E-state index contributed by atoms with van der Waals surface area (Å²) < 4.78 is 103. The minimum absolute atomic E-state index is 0.0544. The van der Waals surface area contributed by atoms with Crippen molar-refractivity contribution in [1.29, 1.82) is 0 Å². The first-order chi connectivity index (χ1) is 15.7. The monoisotopic (exact) mass is 543 g/mol. The molecular formula is C18H12ClF6N5O2S2. The van der Waals surface area contributed by atoms with Crippen LogP contribution < -0.4 is 10.0 Å². The third kappa shape index (κ3) is 5.20. The van der Waals surface area contributed by atoms with Crippen LogP contribution in [0.5, 0.6) is 0 Å². The second-order valence-corrected chi connectivity index (χ2v) is 10.3. The molecule has 0 saturated carbocycles. The van der Waals surface area contributed by atoms with E-state index in [1.807, 2.05) is 4.72 Å². The van der Waals surface area contributed by atoms with Crippen molar-refractivity contribution in [3.8, 4) is 0 Å². The molecule has 0 fully saturated rings. The zero-order valence-corrected chi connectivity index (χ0v) is 18.9. The van der Waals surface area contributed by atoms with Crippen molar-refractivity contribution in [2.75, 3.05) is 10.0 Å². The van der Waals surface area contributed by atoms with E-state index in [1.54, 1.807) is 6.07 Å². The highest BCUT2D eigenvalue weighted by Gasteiger charge is 2.36. The largest absolute Gasteiger partial charge is 0.445 e. The highest BCUT2D eigenvalue weighted by Crippen LogP contribution is 2.35. The van der Waals surface area contributed by atoms with Crippen molar-refractivity contribution in [1.82, 2.24) is 15.2 Å². The van der Waals surface area contributed by atoms with Gasteiger partial charge in [0.1, 0.15) is 5.82 Å². The summed E-state index contributed by atoms with van der Waals surface area (Å²) in [6.45, 7) is 0. The van der Waals surface area contributed by atoms with E-state index in [2.05, 4.69) is 20.5 Å².